The quantitative estimate of drug-likeness (QED) is 0.371. The van der Waals surface area contributed by atoms with Gasteiger partial charge in [-0.2, -0.15) is 0 Å². The van der Waals surface area contributed by atoms with Gasteiger partial charge in [0.25, 0.3) is 0 Å². The van der Waals surface area contributed by atoms with Crippen molar-refractivity contribution in [2.45, 2.75) is 62.9 Å². The highest BCUT2D eigenvalue weighted by Crippen LogP contribution is 2.29. The SMILES string of the molecule is CCCC1CC(=O)NC(=S)N1C1OC(C(=O)O)C(O)C(O)C1O. The van der Waals surface area contributed by atoms with Crippen molar-refractivity contribution in [2.24, 2.45) is 0 Å². The van der Waals surface area contributed by atoms with Crippen molar-refractivity contribution >= 4 is 29.2 Å². The first kappa shape index (κ1) is 18.0. The van der Waals surface area contributed by atoms with Gasteiger partial charge in [0.2, 0.25) is 5.91 Å². The van der Waals surface area contributed by atoms with Crippen LogP contribution in [-0.4, -0.2) is 79.0 Å². The molecule has 6 unspecified atom stereocenters. The minimum absolute atomic E-state index is 0.00326. The number of nitrogens with one attached hydrogen (secondary N) is 1. The van der Waals surface area contributed by atoms with Gasteiger partial charge >= 0.3 is 5.97 Å². The monoisotopic (exact) mass is 348 g/mol. The maximum Gasteiger partial charge on any atom is 0.335 e. The van der Waals surface area contributed by atoms with Gasteiger partial charge in [-0.05, 0) is 18.6 Å². The largest absolute Gasteiger partial charge is 0.479 e. The summed E-state index contributed by atoms with van der Waals surface area (Å²) in [5.41, 5.74) is 0. The second kappa shape index (κ2) is 7.05. The van der Waals surface area contributed by atoms with Crippen molar-refractivity contribution < 1.29 is 34.8 Å². The second-order valence-electron chi connectivity index (χ2n) is 5.66. The zero-order valence-electron chi connectivity index (χ0n) is 12.5. The molecule has 0 bridgehead atoms. The van der Waals surface area contributed by atoms with E-state index in [1.807, 2.05) is 6.92 Å². The van der Waals surface area contributed by atoms with Crippen LogP contribution in [0.15, 0.2) is 0 Å². The predicted molar refractivity (Wildman–Crippen MR) is 80.2 cm³/mol. The van der Waals surface area contributed by atoms with Crippen LogP contribution in [0.1, 0.15) is 26.2 Å². The first-order valence-corrected chi connectivity index (χ1v) is 7.73. The number of carbonyl (C=O) groups excluding carboxylic acids is 1. The van der Waals surface area contributed by atoms with E-state index < -0.39 is 42.7 Å². The van der Waals surface area contributed by atoms with Gasteiger partial charge in [-0.15, -0.1) is 0 Å². The summed E-state index contributed by atoms with van der Waals surface area (Å²) in [4.78, 5) is 24.2. The van der Waals surface area contributed by atoms with Gasteiger partial charge in [-0.25, -0.2) is 4.79 Å². The Morgan fingerprint density at radius 2 is 2.00 bits per heavy atom. The summed E-state index contributed by atoms with van der Waals surface area (Å²) in [7, 11) is 0. The third-order valence-corrected chi connectivity index (χ3v) is 4.34. The Bertz CT molecular complexity index is 503. The first-order chi connectivity index (χ1) is 10.8. The van der Waals surface area contributed by atoms with Crippen molar-refractivity contribution in [1.29, 1.82) is 0 Å². The third-order valence-electron chi connectivity index (χ3n) is 4.02. The molecule has 9 nitrogen and oxygen atoms in total. The average Bonchev–Trinajstić information content (AvgIpc) is 2.46. The molecule has 0 spiro atoms. The molecule has 2 rings (SSSR count). The summed E-state index contributed by atoms with van der Waals surface area (Å²) >= 11 is 5.11. The number of hydrogen-bond acceptors (Lipinski definition) is 7. The topological polar surface area (TPSA) is 140 Å². The zero-order valence-corrected chi connectivity index (χ0v) is 13.3. The Kier molecular flexibility index (Phi) is 5.53. The number of hydrogen-bond donors (Lipinski definition) is 5. The van der Waals surface area contributed by atoms with Crippen LogP contribution in [0.25, 0.3) is 0 Å². The molecule has 0 aromatic heterocycles. The minimum Gasteiger partial charge on any atom is -0.479 e. The van der Waals surface area contributed by atoms with Gasteiger partial charge < -0.3 is 35.4 Å². The highest BCUT2D eigenvalue weighted by atomic mass is 32.1. The lowest BCUT2D eigenvalue weighted by Gasteiger charge is -2.48. The molecule has 2 heterocycles. The molecule has 0 aliphatic carbocycles. The minimum atomic E-state index is -1.77. The van der Waals surface area contributed by atoms with E-state index in [2.05, 4.69) is 5.32 Å². The van der Waals surface area contributed by atoms with Crippen LogP contribution >= 0.6 is 12.2 Å². The third kappa shape index (κ3) is 3.45. The molecule has 2 saturated heterocycles. The summed E-state index contributed by atoms with van der Waals surface area (Å²) in [5, 5.41) is 41.4. The van der Waals surface area contributed by atoms with E-state index in [1.54, 1.807) is 0 Å². The second-order valence-corrected chi connectivity index (χ2v) is 6.05. The summed E-state index contributed by atoms with van der Waals surface area (Å²) in [6.07, 6.45) is -6.64. The first-order valence-electron chi connectivity index (χ1n) is 7.32. The number of thiocarbonyl (C=S) groups is 1. The van der Waals surface area contributed by atoms with Crippen LogP contribution < -0.4 is 5.32 Å². The van der Waals surface area contributed by atoms with Crippen LogP contribution in [0.4, 0.5) is 0 Å². The Morgan fingerprint density at radius 3 is 2.57 bits per heavy atom. The number of rotatable bonds is 4. The number of aliphatic carboxylic acids is 1. The number of carbonyl (C=O) groups is 2. The molecule has 10 heteroatoms. The molecule has 6 atom stereocenters. The van der Waals surface area contributed by atoms with Gasteiger partial charge in [0.15, 0.2) is 17.4 Å². The van der Waals surface area contributed by atoms with Gasteiger partial charge in [0.1, 0.15) is 18.3 Å². The van der Waals surface area contributed by atoms with E-state index in [0.29, 0.717) is 6.42 Å². The fourth-order valence-corrected chi connectivity index (χ4v) is 3.27. The molecule has 23 heavy (non-hydrogen) atoms. The highest BCUT2D eigenvalue weighted by molar-refractivity contribution is 7.80. The molecule has 130 valence electrons. The fourth-order valence-electron chi connectivity index (χ4n) is 2.91. The number of aliphatic hydroxyl groups excluding tert-OH is 3. The Hall–Kier alpha value is -1.33. The fraction of sp³-hybridized carbons (Fsp3) is 0.769. The van der Waals surface area contributed by atoms with E-state index in [9.17, 15) is 24.9 Å². The molecule has 1 amide bonds. The maximum absolute atomic E-state index is 11.6. The standard InChI is InChI=1S/C13H20N2O7S/c1-2-3-5-4-6(16)14-13(23)15(5)11-9(19)7(17)8(18)10(22-11)12(20)21/h5,7-11,17-19H,2-4H2,1H3,(H,20,21)(H,14,16,23). The van der Waals surface area contributed by atoms with Gasteiger partial charge in [0, 0.05) is 12.5 Å². The maximum atomic E-state index is 11.6. The molecular weight excluding hydrogens is 328 g/mol. The van der Waals surface area contributed by atoms with Crippen LogP contribution in [-0.2, 0) is 14.3 Å². The van der Waals surface area contributed by atoms with Crippen molar-refractivity contribution in [2.75, 3.05) is 0 Å². The van der Waals surface area contributed by atoms with E-state index in [4.69, 9.17) is 22.1 Å². The summed E-state index contributed by atoms with van der Waals surface area (Å²) < 4.78 is 5.29. The van der Waals surface area contributed by atoms with Crippen molar-refractivity contribution in [3.8, 4) is 0 Å². The molecular formula is C13H20N2O7S. The van der Waals surface area contributed by atoms with Gasteiger partial charge in [0.05, 0.1) is 0 Å². The van der Waals surface area contributed by atoms with E-state index in [1.165, 1.54) is 4.90 Å². The summed E-state index contributed by atoms with van der Waals surface area (Å²) in [6, 6.07) is -0.391. The van der Waals surface area contributed by atoms with Crippen LogP contribution in [0.3, 0.4) is 0 Å². The van der Waals surface area contributed by atoms with E-state index >= 15 is 0 Å². The normalized spacial score (nSPS) is 38.3. The number of carboxylic acids is 1. The lowest BCUT2D eigenvalue weighted by atomic mass is 9.95. The summed E-state index contributed by atoms with van der Waals surface area (Å²) in [5.74, 6) is -1.74. The van der Waals surface area contributed by atoms with Crippen molar-refractivity contribution in [3.05, 3.63) is 0 Å². The Morgan fingerprint density at radius 1 is 1.35 bits per heavy atom. The molecule has 2 aliphatic heterocycles. The molecule has 0 radical (unpaired) electrons. The lowest BCUT2D eigenvalue weighted by molar-refractivity contribution is -0.255. The number of carboxylic acid groups (broad SMARTS) is 1. The molecule has 0 aromatic carbocycles. The molecule has 5 N–H and O–H groups in total. The highest BCUT2D eigenvalue weighted by Gasteiger charge is 2.51. The summed E-state index contributed by atoms with van der Waals surface area (Å²) in [6.45, 7) is 1.91. The molecule has 2 fully saturated rings. The van der Waals surface area contributed by atoms with E-state index in [-0.39, 0.29) is 17.4 Å². The van der Waals surface area contributed by atoms with Crippen molar-refractivity contribution in [3.63, 3.8) is 0 Å². The average molecular weight is 348 g/mol. The van der Waals surface area contributed by atoms with Crippen LogP contribution in [0.5, 0.6) is 0 Å². The molecule has 0 saturated carbocycles. The number of amides is 1. The number of ether oxygens (including phenoxy) is 1. The van der Waals surface area contributed by atoms with Crippen LogP contribution in [0, 0.1) is 0 Å². The number of aliphatic hydroxyl groups is 3. The lowest BCUT2D eigenvalue weighted by Crippen LogP contribution is -2.69. The van der Waals surface area contributed by atoms with Crippen molar-refractivity contribution in [1.82, 2.24) is 10.2 Å². The van der Waals surface area contributed by atoms with Gasteiger partial charge in [-0.3, -0.25) is 4.79 Å². The molecule has 2 aliphatic rings. The molecule has 0 aromatic rings. The van der Waals surface area contributed by atoms with Gasteiger partial charge in [-0.1, -0.05) is 13.3 Å². The smallest absolute Gasteiger partial charge is 0.335 e. The van der Waals surface area contributed by atoms with E-state index in [0.717, 1.165) is 6.42 Å². The number of nitrogens with zero attached hydrogens (tertiary/aromatic N) is 1. The zero-order chi connectivity index (χ0) is 17.3. The Labute approximate surface area is 137 Å². The van der Waals surface area contributed by atoms with Crippen LogP contribution in [0.2, 0.25) is 0 Å². The Balaban J connectivity index is 2.30. The predicted octanol–water partition coefficient (Wildman–Crippen LogP) is -1.85.